The third kappa shape index (κ3) is 3.06. The summed E-state index contributed by atoms with van der Waals surface area (Å²) in [6.07, 6.45) is 0. The second kappa shape index (κ2) is 5.61. The molecule has 0 heterocycles. The standard InChI is InChI=1S/C15H8BrFO/c16-14-8-7-12(17)10-13(14)15(18)9-6-11-4-2-1-3-5-11/h1-5,7-8,10H. The Balaban J connectivity index is 2.28. The first-order chi connectivity index (χ1) is 8.66. The molecule has 0 bridgehead atoms. The summed E-state index contributed by atoms with van der Waals surface area (Å²) in [5, 5.41) is 0. The van der Waals surface area contributed by atoms with Gasteiger partial charge in [-0.1, -0.05) is 40.0 Å². The number of benzene rings is 2. The summed E-state index contributed by atoms with van der Waals surface area (Å²) in [5.41, 5.74) is 0.983. The molecule has 88 valence electrons. The molecule has 18 heavy (non-hydrogen) atoms. The highest BCUT2D eigenvalue weighted by atomic mass is 79.9. The lowest BCUT2D eigenvalue weighted by molar-refractivity contribution is 0.105. The van der Waals surface area contributed by atoms with Gasteiger partial charge < -0.3 is 0 Å². The Kier molecular flexibility index (Phi) is 3.91. The predicted molar refractivity (Wildman–Crippen MR) is 71.8 cm³/mol. The lowest BCUT2D eigenvalue weighted by atomic mass is 10.1. The van der Waals surface area contributed by atoms with Gasteiger partial charge in [-0.25, -0.2) is 4.39 Å². The number of hydrogen-bond acceptors (Lipinski definition) is 1. The minimum atomic E-state index is -0.455. The fourth-order valence-electron chi connectivity index (χ4n) is 1.39. The molecule has 0 aliphatic heterocycles. The maximum Gasteiger partial charge on any atom is 0.237 e. The number of Topliss-reactive ketones (excluding diaryl/α,β-unsaturated/α-hetero) is 1. The quantitative estimate of drug-likeness (QED) is 0.578. The van der Waals surface area contributed by atoms with Crippen molar-refractivity contribution in [3.8, 4) is 11.8 Å². The monoisotopic (exact) mass is 302 g/mol. The largest absolute Gasteiger partial charge is 0.279 e. The van der Waals surface area contributed by atoms with Crippen LogP contribution in [0.25, 0.3) is 0 Å². The first-order valence-corrected chi connectivity index (χ1v) is 6.02. The maximum atomic E-state index is 13.0. The van der Waals surface area contributed by atoms with E-state index < -0.39 is 11.6 Å². The SMILES string of the molecule is O=C(C#Cc1ccccc1)c1cc(F)ccc1Br. The van der Waals surface area contributed by atoms with Crippen molar-refractivity contribution in [2.24, 2.45) is 0 Å². The van der Waals surface area contributed by atoms with Crippen LogP contribution in [0.1, 0.15) is 15.9 Å². The second-order valence-corrected chi connectivity index (χ2v) is 4.42. The van der Waals surface area contributed by atoms with E-state index in [0.29, 0.717) is 4.47 Å². The van der Waals surface area contributed by atoms with Gasteiger partial charge >= 0.3 is 0 Å². The Bertz CT molecular complexity index is 639. The van der Waals surface area contributed by atoms with E-state index in [1.54, 1.807) is 12.1 Å². The molecule has 0 saturated carbocycles. The van der Waals surface area contributed by atoms with Gasteiger partial charge in [0.15, 0.2) is 0 Å². The molecule has 2 aromatic rings. The molecule has 1 nitrogen and oxygen atoms in total. The summed E-state index contributed by atoms with van der Waals surface area (Å²) in [4.78, 5) is 11.8. The van der Waals surface area contributed by atoms with Gasteiger partial charge in [0.1, 0.15) is 5.82 Å². The van der Waals surface area contributed by atoms with Gasteiger partial charge in [0.2, 0.25) is 5.78 Å². The van der Waals surface area contributed by atoms with E-state index in [1.165, 1.54) is 18.2 Å². The molecule has 0 amide bonds. The van der Waals surface area contributed by atoms with Crippen LogP contribution >= 0.6 is 15.9 Å². The van der Waals surface area contributed by atoms with Crippen LogP contribution in [-0.4, -0.2) is 5.78 Å². The van der Waals surface area contributed by atoms with Gasteiger partial charge in [-0.05, 0) is 36.3 Å². The average molecular weight is 303 g/mol. The Hall–Kier alpha value is -1.92. The summed E-state index contributed by atoms with van der Waals surface area (Å²) < 4.78 is 13.6. The van der Waals surface area contributed by atoms with Gasteiger partial charge in [0.25, 0.3) is 0 Å². The molecule has 0 saturated heterocycles. The molecule has 0 atom stereocenters. The molecular formula is C15H8BrFO. The van der Waals surface area contributed by atoms with Crippen molar-refractivity contribution in [2.75, 3.05) is 0 Å². The van der Waals surface area contributed by atoms with Crippen LogP contribution < -0.4 is 0 Å². The minimum Gasteiger partial charge on any atom is -0.279 e. The van der Waals surface area contributed by atoms with Crippen molar-refractivity contribution in [1.29, 1.82) is 0 Å². The lowest BCUT2D eigenvalue weighted by Crippen LogP contribution is -1.97. The third-order valence-electron chi connectivity index (χ3n) is 2.27. The topological polar surface area (TPSA) is 17.1 Å². The van der Waals surface area contributed by atoms with Crippen molar-refractivity contribution < 1.29 is 9.18 Å². The predicted octanol–water partition coefficient (Wildman–Crippen LogP) is 3.82. The molecule has 3 heteroatoms. The summed E-state index contributed by atoms with van der Waals surface area (Å²) in [7, 11) is 0. The van der Waals surface area contributed by atoms with Crippen LogP contribution in [0.5, 0.6) is 0 Å². The van der Waals surface area contributed by atoms with Crippen LogP contribution in [0.4, 0.5) is 4.39 Å². The maximum absolute atomic E-state index is 13.0. The third-order valence-corrected chi connectivity index (χ3v) is 2.96. The van der Waals surface area contributed by atoms with Crippen molar-refractivity contribution in [2.45, 2.75) is 0 Å². The van der Waals surface area contributed by atoms with Crippen LogP contribution in [0.3, 0.4) is 0 Å². The fraction of sp³-hybridized carbons (Fsp3) is 0. The first kappa shape index (κ1) is 12.5. The van der Waals surface area contributed by atoms with E-state index >= 15 is 0 Å². The molecular weight excluding hydrogens is 295 g/mol. The van der Waals surface area contributed by atoms with Crippen molar-refractivity contribution in [3.63, 3.8) is 0 Å². The van der Waals surface area contributed by atoms with E-state index in [9.17, 15) is 9.18 Å². The zero-order valence-corrected chi connectivity index (χ0v) is 10.9. The number of carbonyl (C=O) groups excluding carboxylic acids is 1. The fourth-order valence-corrected chi connectivity index (χ4v) is 1.82. The number of carbonyl (C=O) groups is 1. The Morgan fingerprint density at radius 2 is 1.83 bits per heavy atom. The Morgan fingerprint density at radius 1 is 1.11 bits per heavy atom. The molecule has 0 aliphatic carbocycles. The molecule has 0 radical (unpaired) electrons. The zero-order valence-electron chi connectivity index (χ0n) is 9.28. The van der Waals surface area contributed by atoms with E-state index in [4.69, 9.17) is 0 Å². The summed E-state index contributed by atoms with van der Waals surface area (Å²) in [6.45, 7) is 0. The minimum absolute atomic E-state index is 0.235. The average Bonchev–Trinajstić information content (AvgIpc) is 2.40. The van der Waals surface area contributed by atoms with E-state index in [0.717, 1.165) is 5.56 Å². The van der Waals surface area contributed by atoms with Crippen LogP contribution in [0.15, 0.2) is 53.0 Å². The van der Waals surface area contributed by atoms with Gasteiger partial charge in [-0.2, -0.15) is 0 Å². The zero-order chi connectivity index (χ0) is 13.0. The molecule has 0 unspecified atom stereocenters. The number of hydrogen-bond donors (Lipinski definition) is 0. The molecule has 0 N–H and O–H groups in total. The van der Waals surface area contributed by atoms with Gasteiger partial charge in [-0.3, -0.25) is 4.79 Å². The van der Waals surface area contributed by atoms with Crippen LogP contribution in [0, 0.1) is 17.7 Å². The summed E-state index contributed by atoms with van der Waals surface area (Å²) in [6, 6.07) is 13.1. The van der Waals surface area contributed by atoms with Gasteiger partial charge in [-0.15, -0.1) is 0 Å². The summed E-state index contributed by atoms with van der Waals surface area (Å²) in [5.74, 6) is 4.38. The molecule has 2 rings (SSSR count). The normalized spacial score (nSPS) is 9.44. The Labute approximate surface area is 113 Å². The number of ketones is 1. The highest BCUT2D eigenvalue weighted by molar-refractivity contribution is 9.10. The van der Waals surface area contributed by atoms with Gasteiger partial charge in [0, 0.05) is 15.6 Å². The molecule has 0 aliphatic rings. The first-order valence-electron chi connectivity index (χ1n) is 5.23. The summed E-state index contributed by atoms with van der Waals surface area (Å²) >= 11 is 3.20. The lowest BCUT2D eigenvalue weighted by Gasteiger charge is -1.98. The van der Waals surface area contributed by atoms with Crippen molar-refractivity contribution >= 4 is 21.7 Å². The van der Waals surface area contributed by atoms with Crippen molar-refractivity contribution in [1.82, 2.24) is 0 Å². The van der Waals surface area contributed by atoms with Crippen LogP contribution in [-0.2, 0) is 0 Å². The van der Waals surface area contributed by atoms with Crippen LogP contribution in [0.2, 0.25) is 0 Å². The highest BCUT2D eigenvalue weighted by Gasteiger charge is 2.08. The molecule has 0 spiro atoms. The van der Waals surface area contributed by atoms with E-state index in [-0.39, 0.29) is 5.56 Å². The molecule has 2 aromatic carbocycles. The van der Waals surface area contributed by atoms with Crippen molar-refractivity contribution in [3.05, 3.63) is 69.9 Å². The number of halogens is 2. The van der Waals surface area contributed by atoms with E-state index in [2.05, 4.69) is 27.8 Å². The highest BCUT2D eigenvalue weighted by Crippen LogP contribution is 2.18. The molecule has 0 aromatic heterocycles. The molecule has 0 fully saturated rings. The van der Waals surface area contributed by atoms with Gasteiger partial charge in [0.05, 0.1) is 0 Å². The number of rotatable bonds is 1. The Morgan fingerprint density at radius 3 is 2.56 bits per heavy atom. The second-order valence-electron chi connectivity index (χ2n) is 3.57. The smallest absolute Gasteiger partial charge is 0.237 e. The van der Waals surface area contributed by atoms with E-state index in [1.807, 2.05) is 18.2 Å².